The zero-order valence-corrected chi connectivity index (χ0v) is 8.98. The van der Waals surface area contributed by atoms with Crippen molar-refractivity contribution in [2.75, 3.05) is 5.75 Å². The fourth-order valence-electron chi connectivity index (χ4n) is 0.900. The van der Waals surface area contributed by atoms with Crippen LogP contribution in [0.3, 0.4) is 0 Å². The fourth-order valence-corrected chi connectivity index (χ4v) is 1.77. The molecule has 0 saturated carbocycles. The SMILES string of the molecule is N[C@H](CSCc1ccc([N+](=O)[O-])o1)C(=O)O. The van der Waals surface area contributed by atoms with Gasteiger partial charge in [-0.25, -0.2) is 0 Å². The number of carboxylic acid groups (broad SMARTS) is 1. The van der Waals surface area contributed by atoms with E-state index in [0.717, 1.165) is 0 Å². The van der Waals surface area contributed by atoms with Crippen LogP contribution in [0.4, 0.5) is 5.88 Å². The highest BCUT2D eigenvalue weighted by molar-refractivity contribution is 7.98. The molecule has 3 N–H and O–H groups in total. The Morgan fingerprint density at radius 2 is 2.38 bits per heavy atom. The normalized spacial score (nSPS) is 12.3. The van der Waals surface area contributed by atoms with Gasteiger partial charge in [-0.05, 0) is 6.07 Å². The van der Waals surface area contributed by atoms with E-state index in [1.807, 2.05) is 0 Å². The van der Waals surface area contributed by atoms with Crippen LogP contribution >= 0.6 is 11.8 Å². The summed E-state index contributed by atoms with van der Waals surface area (Å²) in [5.41, 5.74) is 5.27. The first-order valence-corrected chi connectivity index (χ1v) is 5.45. The molecule has 0 amide bonds. The smallest absolute Gasteiger partial charge is 0.433 e. The third-order valence-corrected chi connectivity index (χ3v) is 2.77. The molecule has 0 unspecified atom stereocenters. The zero-order chi connectivity index (χ0) is 12.1. The minimum absolute atomic E-state index is 0.226. The molecule has 1 aromatic heterocycles. The van der Waals surface area contributed by atoms with Gasteiger partial charge in [0.1, 0.15) is 16.7 Å². The van der Waals surface area contributed by atoms with Gasteiger partial charge in [0.05, 0.1) is 11.8 Å². The summed E-state index contributed by atoms with van der Waals surface area (Å²) in [6.07, 6.45) is 0. The van der Waals surface area contributed by atoms with Crippen LogP contribution in [-0.4, -0.2) is 27.8 Å². The second-order valence-corrected chi connectivity index (χ2v) is 3.99. The van der Waals surface area contributed by atoms with E-state index in [0.29, 0.717) is 11.5 Å². The predicted molar refractivity (Wildman–Crippen MR) is 57.1 cm³/mol. The van der Waals surface area contributed by atoms with Gasteiger partial charge >= 0.3 is 11.9 Å². The molecule has 1 aromatic rings. The molecular formula is C8H10N2O5S. The molecule has 0 spiro atoms. The number of aliphatic carboxylic acids is 1. The van der Waals surface area contributed by atoms with Gasteiger partial charge in [0.15, 0.2) is 0 Å². The fraction of sp³-hybridized carbons (Fsp3) is 0.375. The van der Waals surface area contributed by atoms with Crippen molar-refractivity contribution in [1.29, 1.82) is 0 Å². The molecular weight excluding hydrogens is 236 g/mol. The van der Waals surface area contributed by atoms with Crippen molar-refractivity contribution < 1.29 is 19.2 Å². The molecule has 16 heavy (non-hydrogen) atoms. The largest absolute Gasteiger partial charge is 0.480 e. The summed E-state index contributed by atoms with van der Waals surface area (Å²) >= 11 is 1.25. The number of nitro groups is 1. The third kappa shape index (κ3) is 3.55. The Balaban J connectivity index is 2.37. The monoisotopic (exact) mass is 246 g/mol. The molecule has 88 valence electrons. The Hall–Kier alpha value is -1.54. The second-order valence-electron chi connectivity index (χ2n) is 2.96. The Labute approximate surface area is 94.8 Å². The number of hydrogen-bond donors (Lipinski definition) is 2. The molecule has 0 aliphatic rings. The van der Waals surface area contributed by atoms with Gasteiger partial charge in [-0.2, -0.15) is 11.8 Å². The van der Waals surface area contributed by atoms with E-state index in [-0.39, 0.29) is 11.6 Å². The van der Waals surface area contributed by atoms with Gasteiger partial charge in [-0.3, -0.25) is 14.9 Å². The third-order valence-electron chi connectivity index (χ3n) is 1.69. The van der Waals surface area contributed by atoms with Crippen LogP contribution in [0.5, 0.6) is 0 Å². The van der Waals surface area contributed by atoms with Gasteiger partial charge < -0.3 is 15.3 Å². The lowest BCUT2D eigenvalue weighted by Crippen LogP contribution is -2.32. The highest BCUT2D eigenvalue weighted by Crippen LogP contribution is 2.20. The number of nitrogens with zero attached hydrogens (tertiary/aromatic N) is 1. The summed E-state index contributed by atoms with van der Waals surface area (Å²) in [5.74, 6) is -0.385. The van der Waals surface area contributed by atoms with Crippen LogP contribution < -0.4 is 5.73 Å². The van der Waals surface area contributed by atoms with Crippen molar-refractivity contribution in [3.05, 3.63) is 28.0 Å². The number of carboxylic acids is 1. The van der Waals surface area contributed by atoms with Crippen LogP contribution in [0.2, 0.25) is 0 Å². The average Bonchev–Trinajstić information content (AvgIpc) is 2.66. The summed E-state index contributed by atoms with van der Waals surface area (Å²) < 4.78 is 4.88. The minimum Gasteiger partial charge on any atom is -0.480 e. The molecule has 8 heteroatoms. The molecule has 0 aromatic carbocycles. The molecule has 0 fully saturated rings. The Bertz CT molecular complexity index is 392. The molecule has 0 aliphatic heterocycles. The Morgan fingerprint density at radius 3 is 2.88 bits per heavy atom. The first-order valence-electron chi connectivity index (χ1n) is 4.30. The van der Waals surface area contributed by atoms with Crippen molar-refractivity contribution in [2.24, 2.45) is 5.73 Å². The van der Waals surface area contributed by atoms with E-state index >= 15 is 0 Å². The minimum atomic E-state index is -1.07. The van der Waals surface area contributed by atoms with E-state index in [2.05, 4.69) is 0 Å². The number of furan rings is 1. The Morgan fingerprint density at radius 1 is 1.69 bits per heavy atom. The van der Waals surface area contributed by atoms with E-state index in [4.69, 9.17) is 15.3 Å². The molecule has 1 rings (SSSR count). The summed E-state index contributed by atoms with van der Waals surface area (Å²) in [6, 6.07) is 1.81. The topological polar surface area (TPSA) is 120 Å². The molecule has 1 heterocycles. The van der Waals surface area contributed by atoms with E-state index in [9.17, 15) is 14.9 Å². The lowest BCUT2D eigenvalue weighted by Gasteiger charge is -2.03. The number of carbonyl (C=O) groups is 1. The highest BCUT2D eigenvalue weighted by Gasteiger charge is 2.14. The van der Waals surface area contributed by atoms with E-state index in [1.54, 1.807) is 0 Å². The van der Waals surface area contributed by atoms with Crippen molar-refractivity contribution >= 4 is 23.6 Å². The Kier molecular flexibility index (Phi) is 4.32. The van der Waals surface area contributed by atoms with Gasteiger partial charge in [-0.1, -0.05) is 0 Å². The van der Waals surface area contributed by atoms with Gasteiger partial charge in [0.2, 0.25) is 0 Å². The highest BCUT2D eigenvalue weighted by atomic mass is 32.2. The van der Waals surface area contributed by atoms with Crippen LogP contribution in [0, 0.1) is 10.1 Å². The van der Waals surface area contributed by atoms with Crippen molar-refractivity contribution in [1.82, 2.24) is 0 Å². The molecule has 7 nitrogen and oxygen atoms in total. The molecule has 0 saturated heterocycles. The summed E-state index contributed by atoms with van der Waals surface area (Å²) in [6.45, 7) is 0. The summed E-state index contributed by atoms with van der Waals surface area (Å²) in [5, 5.41) is 18.8. The maximum Gasteiger partial charge on any atom is 0.433 e. The molecule has 0 bridgehead atoms. The zero-order valence-electron chi connectivity index (χ0n) is 8.16. The average molecular weight is 246 g/mol. The second kappa shape index (κ2) is 5.52. The standard InChI is InChI=1S/C8H10N2O5S/c9-6(8(11)12)4-16-3-5-1-2-7(15-5)10(13)14/h1-2,6H,3-4,9H2,(H,11,12)/t6-/m1/s1. The number of rotatable bonds is 6. The molecule has 0 aliphatic carbocycles. The first kappa shape index (κ1) is 12.5. The van der Waals surface area contributed by atoms with Crippen molar-refractivity contribution in [2.45, 2.75) is 11.8 Å². The number of hydrogen-bond acceptors (Lipinski definition) is 6. The van der Waals surface area contributed by atoms with Crippen LogP contribution in [0.25, 0.3) is 0 Å². The van der Waals surface area contributed by atoms with Crippen molar-refractivity contribution in [3.8, 4) is 0 Å². The van der Waals surface area contributed by atoms with Crippen LogP contribution in [0.15, 0.2) is 16.5 Å². The van der Waals surface area contributed by atoms with E-state index in [1.165, 1.54) is 23.9 Å². The van der Waals surface area contributed by atoms with Crippen LogP contribution in [-0.2, 0) is 10.5 Å². The number of nitrogens with two attached hydrogens (primary N) is 1. The van der Waals surface area contributed by atoms with Crippen LogP contribution in [0.1, 0.15) is 5.76 Å². The van der Waals surface area contributed by atoms with E-state index < -0.39 is 16.9 Å². The predicted octanol–water partition coefficient (Wildman–Crippen LogP) is 0.833. The lowest BCUT2D eigenvalue weighted by atomic mass is 10.4. The lowest BCUT2D eigenvalue weighted by molar-refractivity contribution is -0.402. The number of thioether (sulfide) groups is 1. The molecule has 1 atom stereocenters. The summed E-state index contributed by atoms with van der Waals surface area (Å²) in [7, 11) is 0. The van der Waals surface area contributed by atoms with Crippen molar-refractivity contribution in [3.63, 3.8) is 0 Å². The maximum absolute atomic E-state index is 10.4. The van der Waals surface area contributed by atoms with Gasteiger partial charge in [0, 0.05) is 5.75 Å². The maximum atomic E-state index is 10.4. The quantitative estimate of drug-likeness (QED) is 0.563. The molecule has 0 radical (unpaired) electrons. The van der Waals surface area contributed by atoms with Gasteiger partial charge in [0.25, 0.3) is 0 Å². The first-order chi connectivity index (χ1) is 7.50. The summed E-state index contributed by atoms with van der Waals surface area (Å²) in [4.78, 5) is 20.0. The van der Waals surface area contributed by atoms with Gasteiger partial charge in [-0.15, -0.1) is 0 Å².